The molecule has 0 saturated heterocycles. The second kappa shape index (κ2) is 7.33. The Morgan fingerprint density at radius 3 is 2.25 bits per heavy atom. The van der Waals surface area contributed by atoms with Crippen LogP contribution in [0.15, 0.2) is 59.5 Å². The topological polar surface area (TPSA) is 83.5 Å². The fourth-order valence-electron chi connectivity index (χ4n) is 2.11. The molecular formula is C16H20N2O4S2. The Kier molecular flexibility index (Phi) is 5.63. The minimum Gasteiger partial charge on any atom is -0.273 e. The summed E-state index contributed by atoms with van der Waals surface area (Å²) in [7, 11) is -5.90. The normalized spacial score (nSPS) is 12.1. The average molecular weight is 368 g/mol. The molecule has 0 amide bonds. The number of benzene rings is 2. The first-order valence-electron chi connectivity index (χ1n) is 7.30. The summed E-state index contributed by atoms with van der Waals surface area (Å²) >= 11 is 0. The third kappa shape index (κ3) is 4.56. The van der Waals surface area contributed by atoms with Crippen molar-refractivity contribution in [2.24, 2.45) is 0 Å². The molecule has 0 radical (unpaired) electrons. The maximum absolute atomic E-state index is 12.3. The number of hydrogen-bond acceptors (Lipinski definition) is 4. The zero-order chi connectivity index (χ0) is 17.8. The Balaban J connectivity index is 2.03. The third-order valence-corrected chi connectivity index (χ3v) is 6.71. The van der Waals surface area contributed by atoms with E-state index in [0.717, 1.165) is 9.87 Å². The zero-order valence-corrected chi connectivity index (χ0v) is 15.1. The van der Waals surface area contributed by atoms with Gasteiger partial charge in [0, 0.05) is 13.6 Å². The minimum atomic E-state index is -3.73. The molecule has 0 unspecified atom stereocenters. The third-order valence-electron chi connectivity index (χ3n) is 3.49. The van der Waals surface area contributed by atoms with Gasteiger partial charge < -0.3 is 0 Å². The highest BCUT2D eigenvalue weighted by Gasteiger charge is 2.20. The molecule has 0 aliphatic rings. The van der Waals surface area contributed by atoms with E-state index in [1.807, 2.05) is 0 Å². The van der Waals surface area contributed by atoms with Crippen LogP contribution in [0.1, 0.15) is 5.56 Å². The molecule has 0 atom stereocenters. The van der Waals surface area contributed by atoms with Crippen LogP contribution in [-0.4, -0.2) is 36.2 Å². The molecule has 2 aromatic rings. The smallest absolute Gasteiger partial charge is 0.240 e. The molecule has 0 aliphatic heterocycles. The Labute approximate surface area is 143 Å². The molecule has 130 valence electrons. The number of rotatable bonds is 7. The summed E-state index contributed by atoms with van der Waals surface area (Å²) in [5.74, 6) is -0.330. The number of anilines is 1. The van der Waals surface area contributed by atoms with Crippen molar-refractivity contribution < 1.29 is 16.8 Å². The van der Waals surface area contributed by atoms with Gasteiger partial charge in [0.1, 0.15) is 0 Å². The second-order valence-corrected chi connectivity index (χ2v) is 9.22. The van der Waals surface area contributed by atoms with Crippen LogP contribution in [0.25, 0.3) is 0 Å². The molecule has 6 nitrogen and oxygen atoms in total. The van der Waals surface area contributed by atoms with Gasteiger partial charge in [-0.1, -0.05) is 30.3 Å². The number of nitrogens with one attached hydrogen (secondary N) is 1. The molecule has 0 aliphatic carbocycles. The lowest BCUT2D eigenvalue weighted by atomic mass is 10.2. The highest BCUT2D eigenvalue weighted by Crippen LogP contribution is 2.15. The van der Waals surface area contributed by atoms with Crippen LogP contribution in [0, 0.1) is 6.92 Å². The van der Waals surface area contributed by atoms with Crippen molar-refractivity contribution in [1.82, 2.24) is 4.72 Å². The molecule has 0 aromatic heterocycles. The fraction of sp³-hybridized carbons (Fsp3) is 0.250. The molecule has 0 heterocycles. The van der Waals surface area contributed by atoms with Crippen molar-refractivity contribution in [3.05, 3.63) is 60.2 Å². The van der Waals surface area contributed by atoms with Crippen LogP contribution < -0.4 is 9.03 Å². The first kappa shape index (κ1) is 18.4. The van der Waals surface area contributed by atoms with Gasteiger partial charge in [-0.25, -0.2) is 21.6 Å². The molecule has 24 heavy (non-hydrogen) atoms. The number of para-hydroxylation sites is 1. The molecule has 8 heteroatoms. The van der Waals surface area contributed by atoms with Gasteiger partial charge in [-0.3, -0.25) is 4.31 Å². The van der Waals surface area contributed by atoms with Gasteiger partial charge in [-0.05, 0) is 36.8 Å². The summed E-state index contributed by atoms with van der Waals surface area (Å²) in [4.78, 5) is 0.122. The average Bonchev–Trinajstić information content (AvgIpc) is 2.54. The Bertz CT molecular complexity index is 895. The largest absolute Gasteiger partial charge is 0.273 e. The lowest BCUT2D eigenvalue weighted by Crippen LogP contribution is -2.35. The first-order chi connectivity index (χ1) is 11.2. The lowest BCUT2D eigenvalue weighted by molar-refractivity contribution is 0.580. The van der Waals surface area contributed by atoms with E-state index in [9.17, 15) is 16.8 Å². The van der Waals surface area contributed by atoms with Crippen LogP contribution in [0.4, 0.5) is 5.69 Å². The van der Waals surface area contributed by atoms with Crippen LogP contribution in [0.2, 0.25) is 0 Å². The fourth-order valence-corrected chi connectivity index (χ4v) is 4.45. The summed E-state index contributed by atoms with van der Waals surface area (Å²) in [5.41, 5.74) is 1.34. The van der Waals surface area contributed by atoms with Crippen molar-refractivity contribution in [3.63, 3.8) is 0 Å². The van der Waals surface area contributed by atoms with Crippen molar-refractivity contribution in [3.8, 4) is 0 Å². The van der Waals surface area contributed by atoms with Gasteiger partial charge in [-0.2, -0.15) is 0 Å². The summed E-state index contributed by atoms with van der Waals surface area (Å²) in [6, 6.07) is 15.1. The Morgan fingerprint density at radius 2 is 1.62 bits per heavy atom. The van der Waals surface area contributed by atoms with Crippen molar-refractivity contribution >= 4 is 25.7 Å². The summed E-state index contributed by atoms with van der Waals surface area (Å²) in [6.07, 6.45) is 0. The van der Waals surface area contributed by atoms with E-state index in [1.54, 1.807) is 49.4 Å². The summed E-state index contributed by atoms with van der Waals surface area (Å²) in [5, 5.41) is 0. The van der Waals surface area contributed by atoms with Gasteiger partial charge >= 0.3 is 0 Å². The van der Waals surface area contributed by atoms with Crippen LogP contribution in [-0.2, 0) is 20.0 Å². The number of nitrogens with zero attached hydrogens (tertiary/aromatic N) is 1. The summed E-state index contributed by atoms with van der Waals surface area (Å²) in [6.45, 7) is 1.59. The van der Waals surface area contributed by atoms with E-state index < -0.39 is 20.0 Å². The Hall–Kier alpha value is -1.90. The molecule has 0 spiro atoms. The van der Waals surface area contributed by atoms with Crippen molar-refractivity contribution in [1.29, 1.82) is 0 Å². The quantitative estimate of drug-likeness (QED) is 0.807. The van der Waals surface area contributed by atoms with E-state index in [2.05, 4.69) is 4.72 Å². The predicted octanol–water partition coefficient (Wildman–Crippen LogP) is 1.74. The molecular weight excluding hydrogens is 348 g/mol. The van der Waals surface area contributed by atoms with E-state index >= 15 is 0 Å². The van der Waals surface area contributed by atoms with E-state index in [0.29, 0.717) is 5.69 Å². The molecule has 0 bridgehead atoms. The molecule has 2 rings (SSSR count). The van der Waals surface area contributed by atoms with Gasteiger partial charge in [0.25, 0.3) is 0 Å². The van der Waals surface area contributed by atoms with Crippen molar-refractivity contribution in [2.75, 3.05) is 23.7 Å². The number of hydrogen-bond donors (Lipinski definition) is 1. The standard InChI is InChI=1S/C16H20N2O4S2/c1-14-7-6-10-16(13-14)24(21,22)17-11-12-23(19,20)18(2)15-8-4-3-5-9-15/h3-10,13,17H,11-12H2,1-2H3. The maximum Gasteiger partial charge on any atom is 0.240 e. The first-order valence-corrected chi connectivity index (χ1v) is 10.4. The van der Waals surface area contributed by atoms with Crippen LogP contribution in [0.5, 0.6) is 0 Å². The monoisotopic (exact) mass is 368 g/mol. The van der Waals surface area contributed by atoms with Gasteiger partial charge in [0.2, 0.25) is 20.0 Å². The highest BCUT2D eigenvalue weighted by atomic mass is 32.2. The molecule has 0 fully saturated rings. The second-order valence-electron chi connectivity index (χ2n) is 5.33. The van der Waals surface area contributed by atoms with E-state index in [4.69, 9.17) is 0 Å². The minimum absolute atomic E-state index is 0.122. The highest BCUT2D eigenvalue weighted by molar-refractivity contribution is 7.93. The maximum atomic E-state index is 12.3. The van der Waals surface area contributed by atoms with Gasteiger partial charge in [0.05, 0.1) is 16.3 Å². The van der Waals surface area contributed by atoms with Crippen molar-refractivity contribution in [2.45, 2.75) is 11.8 Å². The molecule has 1 N–H and O–H groups in total. The summed E-state index contributed by atoms with van der Waals surface area (Å²) < 4.78 is 52.5. The van der Waals surface area contributed by atoms with Gasteiger partial charge in [-0.15, -0.1) is 0 Å². The van der Waals surface area contributed by atoms with Crippen LogP contribution >= 0.6 is 0 Å². The molecule has 2 aromatic carbocycles. The lowest BCUT2D eigenvalue weighted by Gasteiger charge is -2.19. The number of sulfonamides is 2. The predicted molar refractivity (Wildman–Crippen MR) is 95.0 cm³/mol. The van der Waals surface area contributed by atoms with Gasteiger partial charge in [0.15, 0.2) is 0 Å². The Morgan fingerprint density at radius 1 is 0.958 bits per heavy atom. The molecule has 0 saturated carbocycles. The van der Waals surface area contributed by atoms with Crippen LogP contribution in [0.3, 0.4) is 0 Å². The number of aryl methyl sites for hydroxylation is 1. The van der Waals surface area contributed by atoms with E-state index in [1.165, 1.54) is 19.2 Å². The van der Waals surface area contributed by atoms with E-state index in [-0.39, 0.29) is 17.2 Å². The SMILES string of the molecule is Cc1cccc(S(=O)(=O)NCCS(=O)(=O)N(C)c2ccccc2)c1. The zero-order valence-electron chi connectivity index (χ0n) is 13.5.